The molecule has 0 unspecified atom stereocenters. The lowest BCUT2D eigenvalue weighted by Crippen LogP contribution is -2.29. The lowest BCUT2D eigenvalue weighted by molar-refractivity contribution is 0.484. The minimum absolute atomic E-state index is 0.747. The third kappa shape index (κ3) is 6.22. The zero-order chi connectivity index (χ0) is 24.8. The third-order valence-electron chi connectivity index (χ3n) is 10.5. The first-order chi connectivity index (χ1) is 17.6. The highest BCUT2D eigenvalue weighted by Gasteiger charge is 2.46. The smallest absolute Gasteiger partial charge is 0.256 e. The van der Waals surface area contributed by atoms with E-state index in [1.807, 2.05) is 0 Å². The second kappa shape index (κ2) is 12.9. The van der Waals surface area contributed by atoms with Gasteiger partial charge in [0.25, 0.3) is 0 Å². The van der Waals surface area contributed by atoms with Crippen LogP contribution in [0.2, 0.25) is 0 Å². The van der Waals surface area contributed by atoms with Crippen molar-refractivity contribution in [2.75, 3.05) is 0 Å². The van der Waals surface area contributed by atoms with E-state index in [1.165, 1.54) is 140 Å². The standard InChI is InChI=1S/C32H50B2P2/c33-35(29-17-5-1-6-18-29,30-19-7-2-8-20-30)25-27-15-13-14-16-28(27)26-36(34,31-21-9-3-10-22-31)32-23-11-4-12-24-32/h13-16,25-26,29-32H,1-12,17-24H2. The first-order valence-electron chi connectivity index (χ1n) is 15.7. The molecule has 0 N–H and O–H groups in total. The van der Waals surface area contributed by atoms with Crippen LogP contribution in [0.3, 0.4) is 0 Å². The molecule has 194 valence electrons. The molecule has 0 amide bonds. The minimum atomic E-state index is -1.67. The highest BCUT2D eigenvalue weighted by Crippen LogP contribution is 2.74. The minimum Gasteiger partial charge on any atom is -0.256 e. The molecule has 5 rings (SSSR count). The summed E-state index contributed by atoms with van der Waals surface area (Å²) in [5.41, 5.74) is 5.86. The van der Waals surface area contributed by atoms with Gasteiger partial charge in [0.1, 0.15) is 0 Å². The lowest BCUT2D eigenvalue weighted by Gasteiger charge is -2.49. The Morgan fingerprint density at radius 3 is 0.944 bits per heavy atom. The number of benzene rings is 1. The van der Waals surface area contributed by atoms with Gasteiger partial charge in [0.15, 0.2) is 0 Å². The van der Waals surface area contributed by atoms with Gasteiger partial charge in [0.05, 0.1) is 0 Å². The van der Waals surface area contributed by atoms with E-state index in [1.54, 1.807) is 0 Å². The summed E-state index contributed by atoms with van der Waals surface area (Å²) in [6.07, 6.45) is 33.0. The van der Waals surface area contributed by atoms with Gasteiger partial charge < -0.3 is 0 Å². The Hall–Kier alpha value is -0.0501. The second-order valence-corrected chi connectivity index (χ2v) is 19.9. The molecule has 1 aromatic carbocycles. The van der Waals surface area contributed by atoms with Crippen LogP contribution in [0.4, 0.5) is 0 Å². The van der Waals surface area contributed by atoms with Gasteiger partial charge >= 0.3 is 15.1 Å². The molecule has 0 spiro atoms. The summed E-state index contributed by atoms with van der Waals surface area (Å²) in [4.78, 5) is 0. The first kappa shape index (κ1) is 27.5. The van der Waals surface area contributed by atoms with E-state index >= 15 is 0 Å². The molecular weight excluding hydrogens is 468 g/mol. The van der Waals surface area contributed by atoms with E-state index in [9.17, 15) is 0 Å². The summed E-state index contributed by atoms with van der Waals surface area (Å²) >= 11 is 0. The Bertz CT molecular complexity index is 699. The summed E-state index contributed by atoms with van der Waals surface area (Å²) in [7, 11) is 12.1. The molecule has 0 saturated heterocycles. The van der Waals surface area contributed by atoms with Crippen molar-refractivity contribution in [1.29, 1.82) is 0 Å². The van der Waals surface area contributed by atoms with Gasteiger partial charge in [-0.3, -0.25) is 11.1 Å². The SMILES string of the molecule is [B][P+]([CH-]c1ccccc1[CH-][P+]([B])(C1CCCCC1)C1CCCCC1)(C1CCCCC1)C1CCCCC1. The Morgan fingerprint density at radius 2 is 0.694 bits per heavy atom. The number of rotatable bonds is 8. The molecule has 0 heterocycles. The topological polar surface area (TPSA) is 0 Å². The summed E-state index contributed by atoms with van der Waals surface area (Å²) in [6, 6.07) is 9.30. The first-order valence-corrected chi connectivity index (χ1v) is 19.9. The van der Waals surface area contributed by atoms with Crippen molar-refractivity contribution in [3.8, 4) is 0 Å². The van der Waals surface area contributed by atoms with E-state index in [4.69, 9.17) is 15.1 Å². The Labute approximate surface area is 227 Å². The summed E-state index contributed by atoms with van der Waals surface area (Å²) < 4.78 is 0. The Balaban J connectivity index is 1.43. The van der Waals surface area contributed by atoms with Crippen LogP contribution >= 0.6 is 14.3 Å². The van der Waals surface area contributed by atoms with Gasteiger partial charge in [-0.05, 0) is 103 Å². The predicted octanol–water partition coefficient (Wildman–Crippen LogP) is 10.2. The lowest BCUT2D eigenvalue weighted by atomic mass is 9.99. The average molecular weight is 518 g/mol. The Morgan fingerprint density at radius 1 is 0.444 bits per heavy atom. The van der Waals surface area contributed by atoms with E-state index in [0.29, 0.717) is 0 Å². The van der Waals surface area contributed by atoms with Crippen molar-refractivity contribution in [2.24, 2.45) is 0 Å². The van der Waals surface area contributed by atoms with Crippen LogP contribution in [0.1, 0.15) is 140 Å². The van der Waals surface area contributed by atoms with E-state index < -0.39 is 14.3 Å². The molecule has 4 aliphatic carbocycles. The maximum Gasteiger partial charge on any atom is 0.356 e. The number of hydrogen-bond acceptors (Lipinski definition) is 0. The van der Waals surface area contributed by atoms with E-state index in [-0.39, 0.29) is 0 Å². The van der Waals surface area contributed by atoms with E-state index in [0.717, 1.165) is 22.6 Å². The maximum absolute atomic E-state index is 7.72. The van der Waals surface area contributed by atoms with Crippen LogP contribution in [0.25, 0.3) is 0 Å². The second-order valence-electron chi connectivity index (χ2n) is 12.8. The fourth-order valence-corrected chi connectivity index (χ4v) is 16.9. The fourth-order valence-electron chi connectivity index (χ4n) is 8.36. The van der Waals surface area contributed by atoms with Gasteiger partial charge in [0, 0.05) is 22.6 Å². The van der Waals surface area contributed by atoms with Crippen molar-refractivity contribution < 1.29 is 0 Å². The predicted molar refractivity (Wildman–Crippen MR) is 166 cm³/mol. The Kier molecular flexibility index (Phi) is 9.84. The van der Waals surface area contributed by atoms with Crippen molar-refractivity contribution >= 4 is 29.4 Å². The van der Waals surface area contributed by atoms with Crippen LogP contribution in [-0.2, 0) is 0 Å². The van der Waals surface area contributed by atoms with Crippen molar-refractivity contribution in [3.63, 3.8) is 0 Å². The molecule has 4 radical (unpaired) electrons. The normalized spacial score (nSPS) is 24.4. The van der Waals surface area contributed by atoms with Crippen molar-refractivity contribution in [2.45, 2.75) is 151 Å². The van der Waals surface area contributed by atoms with Crippen LogP contribution < -0.4 is 0 Å². The largest absolute Gasteiger partial charge is 0.356 e. The van der Waals surface area contributed by atoms with Gasteiger partial charge in [0.2, 0.25) is 0 Å². The summed E-state index contributed by atoms with van der Waals surface area (Å²) in [5.74, 6) is 0. The fraction of sp³-hybridized carbons (Fsp3) is 0.750. The molecule has 4 saturated carbocycles. The summed E-state index contributed by atoms with van der Waals surface area (Å²) in [6.45, 7) is 0. The van der Waals surface area contributed by atoms with Crippen molar-refractivity contribution in [3.05, 3.63) is 47.7 Å². The molecule has 0 nitrogen and oxygen atoms in total. The average Bonchev–Trinajstić information content (AvgIpc) is 2.96. The molecule has 4 heteroatoms. The van der Waals surface area contributed by atoms with Crippen LogP contribution in [-0.4, -0.2) is 37.8 Å². The van der Waals surface area contributed by atoms with Crippen LogP contribution in [0.15, 0.2) is 24.3 Å². The molecule has 1 aromatic rings. The monoisotopic (exact) mass is 518 g/mol. The third-order valence-corrected chi connectivity index (χ3v) is 19.1. The summed E-state index contributed by atoms with van der Waals surface area (Å²) in [5, 5.41) is 0. The van der Waals surface area contributed by atoms with Gasteiger partial charge in [-0.2, -0.15) is 0 Å². The molecule has 0 aromatic heterocycles. The number of hydrogen-bond donors (Lipinski definition) is 0. The molecular formula is C32H50B2P2. The van der Waals surface area contributed by atoms with E-state index in [2.05, 4.69) is 36.6 Å². The van der Waals surface area contributed by atoms with Gasteiger partial charge in [-0.1, -0.05) is 40.0 Å². The molecule has 36 heavy (non-hydrogen) atoms. The maximum atomic E-state index is 7.72. The van der Waals surface area contributed by atoms with Crippen LogP contribution in [0.5, 0.6) is 0 Å². The molecule has 4 fully saturated rings. The van der Waals surface area contributed by atoms with Gasteiger partial charge in [-0.25, -0.2) is 12.1 Å². The molecule has 0 atom stereocenters. The molecule has 0 bridgehead atoms. The van der Waals surface area contributed by atoms with Gasteiger partial charge in [-0.15, -0.1) is 24.5 Å². The van der Waals surface area contributed by atoms with Crippen molar-refractivity contribution in [1.82, 2.24) is 0 Å². The highest BCUT2D eigenvalue weighted by molar-refractivity contribution is 8.00. The quantitative estimate of drug-likeness (QED) is 0.183. The molecule has 4 aliphatic rings. The highest BCUT2D eigenvalue weighted by atomic mass is 31.2. The van der Waals surface area contributed by atoms with Crippen LogP contribution in [0, 0.1) is 12.3 Å². The zero-order valence-electron chi connectivity index (χ0n) is 23.0. The molecule has 0 aliphatic heterocycles. The zero-order valence-corrected chi connectivity index (χ0v) is 24.8.